The molecule has 0 aromatic carbocycles. The fourth-order valence-corrected chi connectivity index (χ4v) is 1.92. The lowest BCUT2D eigenvalue weighted by Crippen LogP contribution is -2.34. The summed E-state index contributed by atoms with van der Waals surface area (Å²) in [5.41, 5.74) is 0. The summed E-state index contributed by atoms with van der Waals surface area (Å²) in [5.74, 6) is 0.624. The Morgan fingerprint density at radius 3 is 2.81 bits per heavy atom. The highest BCUT2D eigenvalue weighted by Crippen LogP contribution is 2.14. The normalized spacial score (nSPS) is 22.9. The maximum atomic E-state index is 5.97. The highest BCUT2D eigenvalue weighted by atomic mass is 16.5. The molecule has 2 unspecified atom stereocenters. The van der Waals surface area contributed by atoms with E-state index in [-0.39, 0.29) is 0 Å². The molecule has 0 spiro atoms. The topological polar surface area (TPSA) is 30.5 Å². The summed E-state index contributed by atoms with van der Waals surface area (Å²) in [6.07, 6.45) is 3.86. The van der Waals surface area contributed by atoms with E-state index < -0.39 is 0 Å². The lowest BCUT2D eigenvalue weighted by molar-refractivity contribution is 0.0205. The minimum absolute atomic E-state index is 0.369. The highest BCUT2D eigenvalue weighted by molar-refractivity contribution is 4.67. The van der Waals surface area contributed by atoms with Crippen molar-refractivity contribution in [1.29, 1.82) is 0 Å². The van der Waals surface area contributed by atoms with Gasteiger partial charge >= 0.3 is 0 Å². The van der Waals surface area contributed by atoms with E-state index in [1.165, 1.54) is 6.42 Å². The molecule has 0 saturated carbocycles. The molecule has 1 N–H and O–H groups in total. The van der Waals surface area contributed by atoms with Gasteiger partial charge in [0.1, 0.15) is 0 Å². The van der Waals surface area contributed by atoms with Gasteiger partial charge in [-0.1, -0.05) is 27.2 Å². The zero-order valence-corrected chi connectivity index (χ0v) is 11.0. The van der Waals surface area contributed by atoms with E-state index in [0.717, 1.165) is 39.2 Å². The molecule has 1 aliphatic heterocycles. The second kappa shape index (κ2) is 8.04. The molecule has 3 heteroatoms. The van der Waals surface area contributed by atoms with Crippen molar-refractivity contribution in [3.05, 3.63) is 0 Å². The van der Waals surface area contributed by atoms with Crippen LogP contribution in [0, 0.1) is 5.92 Å². The van der Waals surface area contributed by atoms with Gasteiger partial charge in [0.2, 0.25) is 0 Å². The second-order valence-corrected chi connectivity index (χ2v) is 5.04. The summed E-state index contributed by atoms with van der Waals surface area (Å²) >= 11 is 0. The van der Waals surface area contributed by atoms with Crippen LogP contribution in [0.15, 0.2) is 0 Å². The average molecular weight is 229 g/mol. The smallest absolute Gasteiger partial charge is 0.0699 e. The molecule has 2 atom stereocenters. The maximum Gasteiger partial charge on any atom is 0.0699 e. The average Bonchev–Trinajstić information content (AvgIpc) is 2.75. The van der Waals surface area contributed by atoms with Crippen LogP contribution < -0.4 is 5.32 Å². The van der Waals surface area contributed by atoms with E-state index in [9.17, 15) is 0 Å². The van der Waals surface area contributed by atoms with E-state index in [1.54, 1.807) is 0 Å². The number of hydrogen-bond acceptors (Lipinski definition) is 3. The fourth-order valence-electron chi connectivity index (χ4n) is 1.92. The Balaban J connectivity index is 2.15. The largest absolute Gasteiger partial charge is 0.381 e. The number of hydrogen-bond donors (Lipinski definition) is 1. The van der Waals surface area contributed by atoms with E-state index in [1.807, 2.05) is 0 Å². The predicted octanol–water partition coefficient (Wildman–Crippen LogP) is 2.21. The molecule has 0 amide bonds. The van der Waals surface area contributed by atoms with Crippen LogP contribution in [0.2, 0.25) is 0 Å². The van der Waals surface area contributed by atoms with Crippen molar-refractivity contribution in [3.63, 3.8) is 0 Å². The van der Waals surface area contributed by atoms with Crippen LogP contribution in [0.5, 0.6) is 0 Å². The molecule has 1 fully saturated rings. The third-order valence-electron chi connectivity index (χ3n) is 2.96. The Kier molecular flexibility index (Phi) is 7.01. The van der Waals surface area contributed by atoms with Gasteiger partial charge < -0.3 is 14.8 Å². The standard InChI is InChI=1S/C13H27NO2/c1-4-5-13(8-14-11(2)3)16-10-12-6-7-15-9-12/h11-14H,4-10H2,1-3H3. The van der Waals surface area contributed by atoms with Crippen LogP contribution >= 0.6 is 0 Å². The quantitative estimate of drug-likeness (QED) is 0.692. The van der Waals surface area contributed by atoms with E-state index >= 15 is 0 Å². The third-order valence-corrected chi connectivity index (χ3v) is 2.96. The monoisotopic (exact) mass is 229 g/mol. The fraction of sp³-hybridized carbons (Fsp3) is 1.00. The summed E-state index contributed by atoms with van der Waals surface area (Å²) in [4.78, 5) is 0. The molecule has 16 heavy (non-hydrogen) atoms. The van der Waals surface area contributed by atoms with Crippen molar-refractivity contribution in [2.24, 2.45) is 5.92 Å². The number of rotatable bonds is 8. The molecule has 1 heterocycles. The number of ether oxygens (including phenoxy) is 2. The van der Waals surface area contributed by atoms with Crippen molar-refractivity contribution in [1.82, 2.24) is 5.32 Å². The van der Waals surface area contributed by atoms with Crippen molar-refractivity contribution in [3.8, 4) is 0 Å². The van der Waals surface area contributed by atoms with Gasteiger partial charge in [-0.05, 0) is 12.8 Å². The Hall–Kier alpha value is -0.120. The van der Waals surface area contributed by atoms with E-state index in [0.29, 0.717) is 18.1 Å². The third kappa shape index (κ3) is 5.83. The van der Waals surface area contributed by atoms with Gasteiger partial charge in [0.25, 0.3) is 0 Å². The van der Waals surface area contributed by atoms with Crippen LogP contribution in [0.25, 0.3) is 0 Å². The van der Waals surface area contributed by atoms with Gasteiger partial charge in [-0.2, -0.15) is 0 Å². The molecule has 0 aromatic rings. The molecule has 1 saturated heterocycles. The Labute approximate surface area is 99.9 Å². The summed E-state index contributed by atoms with van der Waals surface area (Å²) < 4.78 is 11.3. The van der Waals surface area contributed by atoms with E-state index in [2.05, 4.69) is 26.1 Å². The highest BCUT2D eigenvalue weighted by Gasteiger charge is 2.18. The Bertz CT molecular complexity index is 167. The molecular formula is C13H27NO2. The van der Waals surface area contributed by atoms with Crippen molar-refractivity contribution in [2.45, 2.75) is 52.2 Å². The van der Waals surface area contributed by atoms with Gasteiger partial charge in [0.05, 0.1) is 19.3 Å². The van der Waals surface area contributed by atoms with Crippen molar-refractivity contribution in [2.75, 3.05) is 26.4 Å². The maximum absolute atomic E-state index is 5.97. The molecule has 1 aliphatic rings. The first kappa shape index (κ1) is 13.9. The summed E-state index contributed by atoms with van der Waals surface area (Å²) in [6, 6.07) is 0.540. The van der Waals surface area contributed by atoms with Gasteiger partial charge in [-0.25, -0.2) is 0 Å². The first-order valence-corrected chi connectivity index (χ1v) is 6.65. The molecule has 96 valence electrons. The molecule has 0 radical (unpaired) electrons. The number of nitrogens with one attached hydrogen (secondary N) is 1. The lowest BCUT2D eigenvalue weighted by atomic mass is 10.1. The minimum atomic E-state index is 0.369. The molecule has 0 aliphatic carbocycles. The zero-order valence-electron chi connectivity index (χ0n) is 11.0. The predicted molar refractivity (Wildman–Crippen MR) is 66.7 cm³/mol. The Morgan fingerprint density at radius 1 is 1.44 bits per heavy atom. The first-order chi connectivity index (χ1) is 7.72. The molecular weight excluding hydrogens is 202 g/mol. The second-order valence-electron chi connectivity index (χ2n) is 5.04. The lowest BCUT2D eigenvalue weighted by Gasteiger charge is -2.21. The van der Waals surface area contributed by atoms with Crippen LogP contribution in [0.3, 0.4) is 0 Å². The van der Waals surface area contributed by atoms with Gasteiger partial charge in [0, 0.05) is 25.1 Å². The molecule has 1 rings (SSSR count). The SMILES string of the molecule is CCCC(CNC(C)C)OCC1CCOC1. The summed E-state index contributed by atoms with van der Waals surface area (Å²) in [6.45, 7) is 10.2. The van der Waals surface area contributed by atoms with Crippen LogP contribution in [-0.2, 0) is 9.47 Å². The Morgan fingerprint density at radius 2 is 2.25 bits per heavy atom. The molecule has 3 nitrogen and oxygen atoms in total. The summed E-state index contributed by atoms with van der Waals surface area (Å²) in [7, 11) is 0. The van der Waals surface area contributed by atoms with Crippen LogP contribution in [0.4, 0.5) is 0 Å². The van der Waals surface area contributed by atoms with Crippen LogP contribution in [0.1, 0.15) is 40.0 Å². The summed E-state index contributed by atoms with van der Waals surface area (Å²) in [5, 5.41) is 3.45. The van der Waals surface area contributed by atoms with Crippen molar-refractivity contribution < 1.29 is 9.47 Å². The van der Waals surface area contributed by atoms with Gasteiger partial charge in [0.15, 0.2) is 0 Å². The van der Waals surface area contributed by atoms with E-state index in [4.69, 9.17) is 9.47 Å². The molecule has 0 aromatic heterocycles. The first-order valence-electron chi connectivity index (χ1n) is 6.65. The molecule has 0 bridgehead atoms. The minimum Gasteiger partial charge on any atom is -0.381 e. The van der Waals surface area contributed by atoms with Gasteiger partial charge in [-0.3, -0.25) is 0 Å². The van der Waals surface area contributed by atoms with Gasteiger partial charge in [-0.15, -0.1) is 0 Å². The zero-order chi connectivity index (χ0) is 11.8. The van der Waals surface area contributed by atoms with Crippen molar-refractivity contribution >= 4 is 0 Å². The van der Waals surface area contributed by atoms with Crippen LogP contribution in [-0.4, -0.2) is 38.5 Å².